The van der Waals surface area contributed by atoms with Gasteiger partial charge in [-0.25, -0.2) is 0 Å². The second-order valence-corrected chi connectivity index (χ2v) is 6.04. The lowest BCUT2D eigenvalue weighted by molar-refractivity contribution is -0.137. The molecular weight excluding hydrogens is 335 g/mol. The molecule has 0 aliphatic carbocycles. The highest BCUT2D eigenvalue weighted by Gasteiger charge is 2.30. The number of anilines is 1. The third kappa shape index (κ3) is 3.65. The van der Waals surface area contributed by atoms with Crippen molar-refractivity contribution in [2.24, 2.45) is 0 Å². The summed E-state index contributed by atoms with van der Waals surface area (Å²) in [6.45, 7) is 0. The van der Waals surface area contributed by atoms with Crippen molar-refractivity contribution >= 4 is 22.9 Å². The van der Waals surface area contributed by atoms with Crippen LogP contribution in [0, 0.1) is 0 Å². The molecular formula is C18H12F3NOS. The molecule has 0 unspecified atom stereocenters. The Morgan fingerprint density at radius 3 is 2.33 bits per heavy atom. The maximum atomic E-state index is 12.7. The van der Waals surface area contributed by atoms with Crippen LogP contribution in [0.4, 0.5) is 18.9 Å². The number of nitrogens with one attached hydrogen (secondary N) is 1. The molecule has 0 radical (unpaired) electrons. The SMILES string of the molecule is O=C(Nc1cccc(C(F)(F)F)c1)c1ccc(-c2cccs2)cc1. The average Bonchev–Trinajstić information content (AvgIpc) is 3.09. The van der Waals surface area contributed by atoms with E-state index in [1.54, 1.807) is 23.5 Å². The standard InChI is InChI=1S/C18H12F3NOS/c19-18(20,21)14-3-1-4-15(11-14)22-17(23)13-8-6-12(7-9-13)16-5-2-10-24-16/h1-11H,(H,22,23). The summed E-state index contributed by atoms with van der Waals surface area (Å²) in [5.74, 6) is -0.452. The molecule has 2 nitrogen and oxygen atoms in total. The van der Waals surface area contributed by atoms with Crippen molar-refractivity contribution in [2.45, 2.75) is 6.18 Å². The Bertz CT molecular complexity index is 839. The van der Waals surface area contributed by atoms with Gasteiger partial charge in [0.1, 0.15) is 0 Å². The highest BCUT2D eigenvalue weighted by molar-refractivity contribution is 7.13. The lowest BCUT2D eigenvalue weighted by atomic mass is 10.1. The van der Waals surface area contributed by atoms with E-state index in [9.17, 15) is 18.0 Å². The highest BCUT2D eigenvalue weighted by atomic mass is 32.1. The summed E-state index contributed by atoms with van der Waals surface area (Å²) >= 11 is 1.59. The van der Waals surface area contributed by atoms with E-state index in [0.29, 0.717) is 5.56 Å². The van der Waals surface area contributed by atoms with E-state index >= 15 is 0 Å². The number of carbonyl (C=O) groups is 1. The molecule has 1 amide bonds. The quantitative estimate of drug-likeness (QED) is 0.648. The molecule has 0 saturated heterocycles. The summed E-state index contributed by atoms with van der Waals surface area (Å²) in [5.41, 5.74) is 0.679. The van der Waals surface area contributed by atoms with Crippen molar-refractivity contribution in [3.8, 4) is 10.4 Å². The first-order chi connectivity index (χ1) is 11.4. The predicted octanol–water partition coefficient (Wildman–Crippen LogP) is 5.69. The lowest BCUT2D eigenvalue weighted by Gasteiger charge is -2.10. The van der Waals surface area contributed by atoms with Crippen LogP contribution in [0.2, 0.25) is 0 Å². The monoisotopic (exact) mass is 347 g/mol. The molecule has 24 heavy (non-hydrogen) atoms. The van der Waals surface area contributed by atoms with Crippen LogP contribution in [0.25, 0.3) is 10.4 Å². The van der Waals surface area contributed by atoms with Gasteiger partial charge in [-0.2, -0.15) is 13.2 Å². The maximum absolute atomic E-state index is 12.7. The van der Waals surface area contributed by atoms with Gasteiger partial charge in [0.15, 0.2) is 0 Å². The Hall–Kier alpha value is -2.60. The van der Waals surface area contributed by atoms with Gasteiger partial charge in [0.05, 0.1) is 5.56 Å². The molecule has 0 saturated carbocycles. The highest BCUT2D eigenvalue weighted by Crippen LogP contribution is 2.31. The zero-order valence-electron chi connectivity index (χ0n) is 12.3. The van der Waals surface area contributed by atoms with Crippen molar-refractivity contribution < 1.29 is 18.0 Å². The second kappa shape index (κ2) is 6.49. The molecule has 6 heteroatoms. The normalized spacial score (nSPS) is 11.3. The smallest absolute Gasteiger partial charge is 0.322 e. The Morgan fingerprint density at radius 1 is 0.958 bits per heavy atom. The minimum absolute atomic E-state index is 0.108. The number of alkyl halides is 3. The van der Waals surface area contributed by atoms with Gasteiger partial charge in [-0.05, 0) is 47.3 Å². The molecule has 0 atom stereocenters. The molecule has 0 aliphatic heterocycles. The summed E-state index contributed by atoms with van der Waals surface area (Å²) in [7, 11) is 0. The van der Waals surface area contributed by atoms with E-state index < -0.39 is 17.6 Å². The van der Waals surface area contributed by atoms with Gasteiger partial charge in [-0.1, -0.05) is 24.3 Å². The Morgan fingerprint density at radius 2 is 1.71 bits per heavy atom. The third-order valence-electron chi connectivity index (χ3n) is 3.40. The summed E-state index contributed by atoms with van der Waals surface area (Å²) in [6, 6.07) is 15.4. The van der Waals surface area contributed by atoms with Crippen LogP contribution in [-0.2, 0) is 6.18 Å². The van der Waals surface area contributed by atoms with Crippen LogP contribution >= 0.6 is 11.3 Å². The van der Waals surface area contributed by atoms with E-state index in [-0.39, 0.29) is 5.69 Å². The van der Waals surface area contributed by atoms with E-state index in [1.807, 2.05) is 29.6 Å². The van der Waals surface area contributed by atoms with Gasteiger partial charge in [-0.3, -0.25) is 4.79 Å². The van der Waals surface area contributed by atoms with Crippen molar-refractivity contribution in [3.05, 3.63) is 77.2 Å². The van der Waals surface area contributed by atoms with Crippen LogP contribution in [-0.4, -0.2) is 5.91 Å². The number of hydrogen-bond acceptors (Lipinski definition) is 2. The fraction of sp³-hybridized carbons (Fsp3) is 0.0556. The molecule has 2 aromatic carbocycles. The minimum Gasteiger partial charge on any atom is -0.322 e. The summed E-state index contributed by atoms with van der Waals surface area (Å²) < 4.78 is 38.1. The summed E-state index contributed by atoms with van der Waals surface area (Å²) in [6.07, 6.45) is -4.44. The second-order valence-electron chi connectivity index (χ2n) is 5.09. The third-order valence-corrected chi connectivity index (χ3v) is 4.32. The van der Waals surface area contributed by atoms with Gasteiger partial charge in [0.25, 0.3) is 5.91 Å². The molecule has 1 heterocycles. The molecule has 1 N–H and O–H groups in total. The maximum Gasteiger partial charge on any atom is 0.416 e. The fourth-order valence-electron chi connectivity index (χ4n) is 2.21. The van der Waals surface area contributed by atoms with Crippen LogP contribution in [0.1, 0.15) is 15.9 Å². The predicted molar refractivity (Wildman–Crippen MR) is 89.2 cm³/mol. The first-order valence-electron chi connectivity index (χ1n) is 7.06. The van der Waals surface area contributed by atoms with Gasteiger partial charge in [-0.15, -0.1) is 11.3 Å². The minimum atomic E-state index is -4.44. The number of thiophene rings is 1. The average molecular weight is 347 g/mol. The van der Waals surface area contributed by atoms with Gasteiger partial charge in [0.2, 0.25) is 0 Å². The first kappa shape index (κ1) is 16.3. The van der Waals surface area contributed by atoms with Gasteiger partial charge < -0.3 is 5.32 Å². The molecule has 0 aliphatic rings. The van der Waals surface area contributed by atoms with E-state index in [0.717, 1.165) is 22.6 Å². The van der Waals surface area contributed by atoms with Crippen LogP contribution < -0.4 is 5.32 Å². The summed E-state index contributed by atoms with van der Waals surface area (Å²) in [5, 5.41) is 4.45. The molecule has 0 spiro atoms. The largest absolute Gasteiger partial charge is 0.416 e. The van der Waals surface area contributed by atoms with Gasteiger partial charge in [0, 0.05) is 16.1 Å². The first-order valence-corrected chi connectivity index (χ1v) is 7.94. The molecule has 0 fully saturated rings. The van der Waals surface area contributed by atoms with Crippen LogP contribution in [0.15, 0.2) is 66.0 Å². The van der Waals surface area contributed by atoms with Crippen LogP contribution in [0.3, 0.4) is 0 Å². The molecule has 3 rings (SSSR count). The number of amides is 1. The van der Waals surface area contributed by atoms with Crippen LogP contribution in [0.5, 0.6) is 0 Å². The molecule has 0 bridgehead atoms. The number of hydrogen-bond donors (Lipinski definition) is 1. The molecule has 1 aromatic heterocycles. The molecule has 122 valence electrons. The number of rotatable bonds is 3. The van der Waals surface area contributed by atoms with E-state index in [2.05, 4.69) is 5.32 Å². The topological polar surface area (TPSA) is 29.1 Å². The Kier molecular flexibility index (Phi) is 4.40. The van der Waals surface area contributed by atoms with E-state index in [1.165, 1.54) is 12.1 Å². The lowest BCUT2D eigenvalue weighted by Crippen LogP contribution is -2.13. The molecule has 3 aromatic rings. The van der Waals surface area contributed by atoms with Crippen molar-refractivity contribution in [2.75, 3.05) is 5.32 Å². The van der Waals surface area contributed by atoms with Crippen molar-refractivity contribution in [1.29, 1.82) is 0 Å². The number of carbonyl (C=O) groups excluding carboxylic acids is 1. The fourth-order valence-corrected chi connectivity index (χ4v) is 2.94. The van der Waals surface area contributed by atoms with Crippen molar-refractivity contribution in [3.63, 3.8) is 0 Å². The Balaban J connectivity index is 1.76. The number of halogens is 3. The van der Waals surface area contributed by atoms with E-state index in [4.69, 9.17) is 0 Å². The zero-order chi connectivity index (χ0) is 17.2. The zero-order valence-corrected chi connectivity index (χ0v) is 13.1. The Labute approximate surface area is 140 Å². The van der Waals surface area contributed by atoms with Gasteiger partial charge >= 0.3 is 6.18 Å². The van der Waals surface area contributed by atoms with Crippen molar-refractivity contribution in [1.82, 2.24) is 0 Å². The number of benzene rings is 2. The summed E-state index contributed by atoms with van der Waals surface area (Å²) in [4.78, 5) is 13.3.